The first-order valence-corrected chi connectivity index (χ1v) is 18.5. The zero-order valence-electron chi connectivity index (χ0n) is 27.5. The molecule has 0 aliphatic heterocycles. The summed E-state index contributed by atoms with van der Waals surface area (Å²) in [4.78, 5) is 11.8. The Balaban J connectivity index is 1.19. The number of halogens is 1. The van der Waals surface area contributed by atoms with Gasteiger partial charge in [0.25, 0.3) is 0 Å². The Kier molecular flexibility index (Phi) is 10.4. The summed E-state index contributed by atoms with van der Waals surface area (Å²) < 4.78 is 11.4. The Hall–Kier alpha value is -1.33. The van der Waals surface area contributed by atoms with Crippen LogP contribution in [0.3, 0.4) is 0 Å². The molecule has 1 aromatic carbocycles. The van der Waals surface area contributed by atoms with Gasteiger partial charge in [0.1, 0.15) is 12.4 Å². The number of benzene rings is 1. The number of hydrogen-bond donors (Lipinski definition) is 1. The minimum Gasteiger partial charge on any atom is -0.463 e. The fraction of sp³-hybridized carbons (Fsp3) is 0.763. The monoisotopic (exact) mass is 656 g/mol. The van der Waals surface area contributed by atoms with Crippen molar-refractivity contribution in [1.82, 2.24) is 0 Å². The number of hydrogen-bond acceptors (Lipinski definition) is 4. The highest BCUT2D eigenvalue weighted by molar-refractivity contribution is 9.09. The third-order valence-electron chi connectivity index (χ3n) is 12.8. The van der Waals surface area contributed by atoms with Crippen molar-refractivity contribution >= 4 is 28.0 Å². The van der Waals surface area contributed by atoms with Gasteiger partial charge in [-0.3, -0.25) is 0 Å². The molecule has 0 saturated heterocycles. The zero-order valence-corrected chi connectivity index (χ0v) is 29.0. The van der Waals surface area contributed by atoms with Gasteiger partial charge in [-0.25, -0.2) is 4.79 Å². The lowest BCUT2D eigenvalue weighted by atomic mass is 9.44. The van der Waals surface area contributed by atoms with Gasteiger partial charge in [-0.1, -0.05) is 81.9 Å². The van der Waals surface area contributed by atoms with E-state index in [2.05, 4.69) is 50.5 Å². The molecule has 4 aliphatic rings. The van der Waals surface area contributed by atoms with Crippen molar-refractivity contribution in [1.29, 1.82) is 0 Å². The molecule has 0 amide bonds. The molecule has 43 heavy (non-hydrogen) atoms. The van der Waals surface area contributed by atoms with Gasteiger partial charge in [0.05, 0.1) is 0 Å². The minimum absolute atomic E-state index is 0.304. The zero-order chi connectivity index (χ0) is 30.8. The minimum atomic E-state index is -1.11. The van der Waals surface area contributed by atoms with Crippen molar-refractivity contribution < 1.29 is 19.4 Å². The predicted octanol–water partition coefficient (Wildman–Crippen LogP) is 9.83. The van der Waals surface area contributed by atoms with Crippen molar-refractivity contribution in [2.75, 3.05) is 11.9 Å². The quantitative estimate of drug-likeness (QED) is 0.111. The molecule has 5 rings (SSSR count). The maximum atomic E-state index is 11.8. The summed E-state index contributed by atoms with van der Waals surface area (Å²) in [5.74, 6) is 4.84. The molecule has 240 valence electrons. The molecule has 1 N–H and O–H groups in total. The van der Waals surface area contributed by atoms with Crippen LogP contribution in [0.25, 0.3) is 6.08 Å². The van der Waals surface area contributed by atoms with E-state index in [1.165, 1.54) is 63.9 Å². The average Bonchev–Trinajstić information content (AvgIpc) is 3.33. The number of ether oxygens (including phenoxy) is 2. The normalized spacial score (nSPS) is 37.9. The molecule has 0 heterocycles. The largest absolute Gasteiger partial charge is 0.463 e. The summed E-state index contributed by atoms with van der Waals surface area (Å²) in [6, 6.07) is 7.64. The highest BCUT2D eigenvalue weighted by Gasteiger charge is 2.62. The van der Waals surface area contributed by atoms with Crippen LogP contribution in [0.1, 0.15) is 117 Å². The van der Waals surface area contributed by atoms with Crippen molar-refractivity contribution in [2.24, 2.45) is 52.3 Å². The Bertz CT molecular complexity index is 1120. The van der Waals surface area contributed by atoms with Crippen LogP contribution in [0.15, 0.2) is 30.3 Å². The van der Waals surface area contributed by atoms with Gasteiger partial charge in [-0.05, 0) is 121 Å². The van der Waals surface area contributed by atoms with Crippen LogP contribution >= 0.6 is 15.9 Å². The summed E-state index contributed by atoms with van der Waals surface area (Å²) in [6.45, 7) is 12.9. The van der Waals surface area contributed by atoms with E-state index in [1.807, 2.05) is 24.3 Å². The first-order chi connectivity index (χ1) is 20.5. The van der Waals surface area contributed by atoms with Crippen LogP contribution < -0.4 is 4.74 Å². The van der Waals surface area contributed by atoms with Gasteiger partial charge in [-0.2, -0.15) is 0 Å². The Morgan fingerprint density at radius 2 is 1.72 bits per heavy atom. The molecule has 0 bridgehead atoms. The lowest BCUT2D eigenvalue weighted by Gasteiger charge is -2.62. The topological polar surface area (TPSA) is 55.8 Å². The second-order valence-electron chi connectivity index (χ2n) is 15.7. The average molecular weight is 658 g/mol. The number of rotatable bonds is 11. The second kappa shape index (κ2) is 13.6. The van der Waals surface area contributed by atoms with E-state index in [0.29, 0.717) is 40.9 Å². The summed E-state index contributed by atoms with van der Waals surface area (Å²) in [7, 11) is 0. The number of aliphatic hydroxyl groups is 1. The van der Waals surface area contributed by atoms with E-state index in [9.17, 15) is 9.90 Å². The maximum absolute atomic E-state index is 11.8. The van der Waals surface area contributed by atoms with E-state index in [1.54, 1.807) is 6.08 Å². The summed E-state index contributed by atoms with van der Waals surface area (Å²) in [5, 5.41) is 12.3. The molecule has 9 atom stereocenters. The van der Waals surface area contributed by atoms with Crippen LogP contribution in [-0.2, 0) is 9.53 Å². The molecule has 4 fully saturated rings. The molecule has 0 aromatic heterocycles. The van der Waals surface area contributed by atoms with Crippen LogP contribution in [0.2, 0.25) is 0 Å². The predicted molar refractivity (Wildman–Crippen MR) is 179 cm³/mol. The van der Waals surface area contributed by atoms with Gasteiger partial charge in [-0.15, -0.1) is 0 Å². The molecular formula is C38H57BrO4. The first-order valence-electron chi connectivity index (χ1n) is 17.4. The number of fused-ring (bicyclic) bond motifs is 5. The molecular weight excluding hydrogens is 600 g/mol. The fourth-order valence-corrected chi connectivity index (χ4v) is 10.7. The van der Waals surface area contributed by atoms with Crippen molar-refractivity contribution in [3.05, 3.63) is 35.9 Å². The molecule has 4 nitrogen and oxygen atoms in total. The summed E-state index contributed by atoms with van der Waals surface area (Å²) in [6.07, 6.45) is 18.0. The lowest BCUT2D eigenvalue weighted by molar-refractivity contribution is -0.219. The number of carbonyl (C=O) groups excluding carboxylic acids is 1. The van der Waals surface area contributed by atoms with E-state index in [-0.39, 0.29) is 5.97 Å². The summed E-state index contributed by atoms with van der Waals surface area (Å²) in [5.41, 5.74) is 1.72. The smallest absolute Gasteiger partial charge is 0.330 e. The molecule has 4 aliphatic carbocycles. The van der Waals surface area contributed by atoms with E-state index < -0.39 is 5.79 Å². The van der Waals surface area contributed by atoms with Crippen LogP contribution in [0, 0.1) is 52.3 Å². The number of alkyl halides is 1. The maximum Gasteiger partial charge on any atom is 0.330 e. The van der Waals surface area contributed by atoms with Gasteiger partial charge in [0.2, 0.25) is 5.79 Å². The molecule has 5 heteroatoms. The fourth-order valence-electron chi connectivity index (χ4n) is 10.5. The van der Waals surface area contributed by atoms with Crippen LogP contribution in [0.4, 0.5) is 0 Å². The van der Waals surface area contributed by atoms with Crippen LogP contribution in [-0.4, -0.2) is 28.8 Å². The number of esters is 1. The van der Waals surface area contributed by atoms with E-state index in [4.69, 9.17) is 9.47 Å². The molecule has 0 unspecified atom stereocenters. The summed E-state index contributed by atoms with van der Waals surface area (Å²) >= 11 is 3.25. The third kappa shape index (κ3) is 7.08. The van der Waals surface area contributed by atoms with Gasteiger partial charge in [0.15, 0.2) is 0 Å². The molecule has 1 aromatic rings. The molecule has 4 saturated carbocycles. The van der Waals surface area contributed by atoms with Crippen LogP contribution in [0.5, 0.6) is 5.75 Å². The van der Waals surface area contributed by atoms with Gasteiger partial charge >= 0.3 is 5.97 Å². The Morgan fingerprint density at radius 1 is 0.977 bits per heavy atom. The SMILES string of the molecule is CC(C)CCC[C@@H](C)[C@H]1CC[C@H]2[C@@H]3CC[C@@H]4C[C@@](O)(Oc5ccc(/C=C/C(=O)OCCBr)cc5)CC[C@]4(C)[C@H]3CC[C@]12C. The number of carbonyl (C=O) groups is 1. The molecule has 0 radical (unpaired) electrons. The Labute approximate surface area is 269 Å². The van der Waals surface area contributed by atoms with E-state index in [0.717, 1.165) is 53.9 Å². The van der Waals surface area contributed by atoms with E-state index >= 15 is 0 Å². The highest BCUT2D eigenvalue weighted by atomic mass is 79.9. The standard InChI is InChI=1S/C38H57BrO4/c1-26(2)7-6-8-27(3)32-16-17-33-31-15-12-29-25-38(41,22-21-36(29,4)34(31)19-20-37(32,33)5)43-30-13-9-28(10-14-30)11-18-35(40)42-24-23-39/h9-11,13-14,18,26-27,29,31-34,41H,6-8,12,15-17,19-25H2,1-5H3/b18-11+/t27-,29-,31+,32-,33+,34+,36+,37-,38+/m1/s1. The van der Waals surface area contributed by atoms with Gasteiger partial charge < -0.3 is 14.6 Å². The molecule has 0 spiro atoms. The Morgan fingerprint density at radius 3 is 2.44 bits per heavy atom. The first kappa shape index (κ1) is 33.0. The highest BCUT2D eigenvalue weighted by Crippen LogP contribution is 2.69. The van der Waals surface area contributed by atoms with Crippen molar-refractivity contribution in [3.8, 4) is 5.75 Å². The van der Waals surface area contributed by atoms with Gasteiger partial charge in [0, 0.05) is 24.2 Å². The van der Waals surface area contributed by atoms with Crippen molar-refractivity contribution in [2.45, 2.75) is 117 Å². The van der Waals surface area contributed by atoms with Crippen molar-refractivity contribution in [3.63, 3.8) is 0 Å². The lowest BCUT2D eigenvalue weighted by Crippen LogP contribution is -2.57. The third-order valence-corrected chi connectivity index (χ3v) is 13.1. The second-order valence-corrected chi connectivity index (χ2v) is 16.5.